The highest BCUT2D eigenvalue weighted by molar-refractivity contribution is 5.64. The minimum Gasteiger partial charge on any atom is -0.497 e. The van der Waals surface area contributed by atoms with Gasteiger partial charge < -0.3 is 19.9 Å². The number of nitrogens with zero attached hydrogens (tertiary/aromatic N) is 1. The van der Waals surface area contributed by atoms with E-state index in [-0.39, 0.29) is 0 Å². The molecule has 0 aliphatic heterocycles. The van der Waals surface area contributed by atoms with Crippen LogP contribution in [0.3, 0.4) is 0 Å². The van der Waals surface area contributed by atoms with Crippen molar-refractivity contribution in [2.75, 3.05) is 33.2 Å². The third kappa shape index (κ3) is 2.78. The van der Waals surface area contributed by atoms with Gasteiger partial charge in [0.15, 0.2) is 0 Å². The number of nitriles is 1. The van der Waals surface area contributed by atoms with Crippen LogP contribution in [-0.2, 0) is 4.74 Å². The summed E-state index contributed by atoms with van der Waals surface area (Å²) in [6.07, 6.45) is 0. The number of anilines is 1. The van der Waals surface area contributed by atoms with Crippen LogP contribution in [-0.4, -0.2) is 27.4 Å². The SMILES string of the molecule is COCCOc1cc(OC)cc(N)c1C#N. The molecule has 0 amide bonds. The number of hydrogen-bond acceptors (Lipinski definition) is 5. The van der Waals surface area contributed by atoms with Crippen molar-refractivity contribution in [1.82, 2.24) is 0 Å². The average molecular weight is 222 g/mol. The molecule has 0 bridgehead atoms. The van der Waals surface area contributed by atoms with Gasteiger partial charge in [-0.1, -0.05) is 0 Å². The lowest BCUT2D eigenvalue weighted by molar-refractivity contribution is 0.146. The second kappa shape index (κ2) is 5.83. The Hall–Kier alpha value is -1.93. The van der Waals surface area contributed by atoms with Gasteiger partial charge in [-0.05, 0) is 0 Å². The maximum Gasteiger partial charge on any atom is 0.142 e. The zero-order chi connectivity index (χ0) is 12.0. The third-order valence-electron chi connectivity index (χ3n) is 2.00. The standard InChI is InChI=1S/C11H14N2O3/c1-14-3-4-16-11-6-8(15-2)5-10(13)9(11)7-12/h5-6H,3-4,13H2,1-2H3. The number of methoxy groups -OCH3 is 2. The van der Waals surface area contributed by atoms with Crippen LogP contribution in [0.5, 0.6) is 11.5 Å². The van der Waals surface area contributed by atoms with Gasteiger partial charge in [-0.25, -0.2) is 0 Å². The lowest BCUT2D eigenvalue weighted by Gasteiger charge is -2.10. The van der Waals surface area contributed by atoms with Gasteiger partial charge in [-0.3, -0.25) is 0 Å². The number of nitrogens with two attached hydrogens (primary N) is 1. The number of nitrogen functional groups attached to an aromatic ring is 1. The quantitative estimate of drug-likeness (QED) is 0.597. The summed E-state index contributed by atoms with van der Waals surface area (Å²) in [4.78, 5) is 0. The van der Waals surface area contributed by atoms with E-state index in [4.69, 9.17) is 25.2 Å². The highest BCUT2D eigenvalue weighted by Gasteiger charge is 2.10. The van der Waals surface area contributed by atoms with Crippen LogP contribution in [0.2, 0.25) is 0 Å². The maximum absolute atomic E-state index is 8.94. The molecule has 0 aliphatic carbocycles. The molecule has 1 aromatic rings. The second-order valence-electron chi connectivity index (χ2n) is 3.04. The highest BCUT2D eigenvalue weighted by Crippen LogP contribution is 2.29. The molecule has 0 spiro atoms. The van der Waals surface area contributed by atoms with E-state index < -0.39 is 0 Å². The van der Waals surface area contributed by atoms with Crippen LogP contribution in [0.1, 0.15) is 5.56 Å². The largest absolute Gasteiger partial charge is 0.497 e. The van der Waals surface area contributed by atoms with E-state index in [2.05, 4.69) is 0 Å². The fraction of sp³-hybridized carbons (Fsp3) is 0.364. The highest BCUT2D eigenvalue weighted by atomic mass is 16.5. The monoisotopic (exact) mass is 222 g/mol. The molecule has 0 saturated carbocycles. The number of ether oxygens (including phenoxy) is 3. The molecule has 5 nitrogen and oxygen atoms in total. The molecular weight excluding hydrogens is 208 g/mol. The average Bonchev–Trinajstić information content (AvgIpc) is 2.29. The molecule has 0 aromatic heterocycles. The van der Waals surface area contributed by atoms with E-state index in [0.29, 0.717) is 36.0 Å². The first-order valence-electron chi connectivity index (χ1n) is 4.72. The topological polar surface area (TPSA) is 77.5 Å². The summed E-state index contributed by atoms with van der Waals surface area (Å²) in [5.74, 6) is 0.973. The van der Waals surface area contributed by atoms with Crippen LogP contribution in [0.25, 0.3) is 0 Å². The van der Waals surface area contributed by atoms with Crippen LogP contribution in [0.4, 0.5) is 5.69 Å². The van der Waals surface area contributed by atoms with Gasteiger partial charge in [0.05, 0.1) is 19.4 Å². The van der Waals surface area contributed by atoms with Crippen LogP contribution < -0.4 is 15.2 Å². The van der Waals surface area contributed by atoms with Crippen molar-refractivity contribution < 1.29 is 14.2 Å². The Balaban J connectivity index is 2.95. The van der Waals surface area contributed by atoms with E-state index in [1.807, 2.05) is 6.07 Å². The van der Waals surface area contributed by atoms with Crippen molar-refractivity contribution in [3.8, 4) is 17.6 Å². The Morgan fingerprint density at radius 3 is 2.62 bits per heavy atom. The third-order valence-corrected chi connectivity index (χ3v) is 2.00. The molecule has 0 heterocycles. The first kappa shape index (κ1) is 12.1. The summed E-state index contributed by atoms with van der Waals surface area (Å²) in [5.41, 5.74) is 6.36. The molecule has 2 N–H and O–H groups in total. The summed E-state index contributed by atoms with van der Waals surface area (Å²) in [6.45, 7) is 0.805. The smallest absolute Gasteiger partial charge is 0.142 e. The number of hydrogen-bond donors (Lipinski definition) is 1. The second-order valence-corrected chi connectivity index (χ2v) is 3.04. The molecule has 86 valence electrons. The Labute approximate surface area is 94.3 Å². The van der Waals surface area contributed by atoms with Crippen LogP contribution >= 0.6 is 0 Å². The molecule has 0 aliphatic rings. The van der Waals surface area contributed by atoms with E-state index in [9.17, 15) is 0 Å². The molecular formula is C11H14N2O3. The van der Waals surface area contributed by atoms with Crippen LogP contribution in [0, 0.1) is 11.3 Å². The normalized spacial score (nSPS) is 9.56. The summed E-state index contributed by atoms with van der Waals surface area (Å²) in [7, 11) is 3.11. The van der Waals surface area contributed by atoms with Crippen LogP contribution in [0.15, 0.2) is 12.1 Å². The predicted molar refractivity (Wildman–Crippen MR) is 59.5 cm³/mol. The Morgan fingerprint density at radius 1 is 1.31 bits per heavy atom. The molecule has 0 saturated heterocycles. The minimum absolute atomic E-state index is 0.317. The Bertz CT molecular complexity index is 399. The Morgan fingerprint density at radius 2 is 2.06 bits per heavy atom. The number of benzene rings is 1. The Kier molecular flexibility index (Phi) is 4.42. The first-order chi connectivity index (χ1) is 7.72. The van der Waals surface area contributed by atoms with Gasteiger partial charge in [-0.15, -0.1) is 0 Å². The fourth-order valence-corrected chi connectivity index (χ4v) is 1.20. The number of rotatable bonds is 5. The summed E-state index contributed by atoms with van der Waals surface area (Å²) in [6, 6.07) is 5.21. The van der Waals surface area contributed by atoms with E-state index in [1.165, 1.54) is 7.11 Å². The predicted octanol–water partition coefficient (Wildman–Crippen LogP) is 1.17. The molecule has 0 atom stereocenters. The summed E-state index contributed by atoms with van der Waals surface area (Å²) >= 11 is 0. The first-order valence-corrected chi connectivity index (χ1v) is 4.72. The fourth-order valence-electron chi connectivity index (χ4n) is 1.20. The van der Waals surface area contributed by atoms with Crippen molar-refractivity contribution in [2.45, 2.75) is 0 Å². The van der Waals surface area contributed by atoms with Gasteiger partial charge in [0.2, 0.25) is 0 Å². The summed E-state index contributed by atoms with van der Waals surface area (Å²) in [5, 5.41) is 8.94. The maximum atomic E-state index is 8.94. The van der Waals surface area contributed by atoms with Crippen molar-refractivity contribution >= 4 is 5.69 Å². The lowest BCUT2D eigenvalue weighted by Crippen LogP contribution is -2.06. The minimum atomic E-state index is 0.317. The molecule has 1 aromatic carbocycles. The van der Waals surface area contributed by atoms with Crippen molar-refractivity contribution in [3.63, 3.8) is 0 Å². The molecule has 16 heavy (non-hydrogen) atoms. The van der Waals surface area contributed by atoms with E-state index >= 15 is 0 Å². The van der Waals surface area contributed by atoms with Gasteiger partial charge in [-0.2, -0.15) is 5.26 Å². The zero-order valence-electron chi connectivity index (χ0n) is 9.32. The van der Waals surface area contributed by atoms with E-state index in [0.717, 1.165) is 0 Å². The molecule has 0 fully saturated rings. The van der Waals surface area contributed by atoms with Gasteiger partial charge in [0, 0.05) is 19.2 Å². The molecule has 0 radical (unpaired) electrons. The molecule has 1 rings (SSSR count). The van der Waals surface area contributed by atoms with Crippen molar-refractivity contribution in [1.29, 1.82) is 5.26 Å². The molecule has 0 unspecified atom stereocenters. The summed E-state index contributed by atoms with van der Waals surface area (Å²) < 4.78 is 15.3. The van der Waals surface area contributed by atoms with Gasteiger partial charge in [0.25, 0.3) is 0 Å². The lowest BCUT2D eigenvalue weighted by atomic mass is 10.1. The zero-order valence-corrected chi connectivity index (χ0v) is 9.32. The van der Waals surface area contributed by atoms with Crippen molar-refractivity contribution in [2.24, 2.45) is 0 Å². The van der Waals surface area contributed by atoms with Crippen molar-refractivity contribution in [3.05, 3.63) is 17.7 Å². The van der Waals surface area contributed by atoms with E-state index in [1.54, 1.807) is 19.2 Å². The van der Waals surface area contributed by atoms with Gasteiger partial charge in [0.1, 0.15) is 29.7 Å². The molecule has 5 heteroatoms. The van der Waals surface area contributed by atoms with Gasteiger partial charge >= 0.3 is 0 Å².